The molecule has 0 unspecified atom stereocenters. The summed E-state index contributed by atoms with van der Waals surface area (Å²) < 4.78 is 13.6. The average Bonchev–Trinajstić information content (AvgIpc) is 2.62. The quantitative estimate of drug-likeness (QED) is 0.621. The molecule has 0 aliphatic carbocycles. The first-order valence-electron chi connectivity index (χ1n) is 5.17. The van der Waals surface area contributed by atoms with Crippen LogP contribution in [0.2, 0.25) is 5.02 Å². The summed E-state index contributed by atoms with van der Waals surface area (Å²) in [5.74, 6) is 1.13. The highest BCUT2D eigenvalue weighted by Gasteiger charge is 2.34. The number of thioether (sulfide) groups is 1. The lowest BCUT2D eigenvalue weighted by Gasteiger charge is -2.06. The van der Waals surface area contributed by atoms with Crippen molar-refractivity contribution in [2.24, 2.45) is 0 Å². The highest BCUT2D eigenvalue weighted by molar-refractivity contribution is 8.18. The summed E-state index contributed by atoms with van der Waals surface area (Å²) in [6, 6.07) is 4.19. The first-order chi connectivity index (χ1) is 9.04. The molecule has 0 spiro atoms. The molecule has 96 valence electrons. The van der Waals surface area contributed by atoms with Gasteiger partial charge in [0, 0.05) is 5.56 Å². The fraction of sp³-hybridized carbons (Fsp3) is 0.0769. The van der Waals surface area contributed by atoms with Gasteiger partial charge in [0.25, 0.3) is 11.1 Å². The van der Waals surface area contributed by atoms with Gasteiger partial charge in [-0.1, -0.05) is 23.6 Å². The Labute approximate surface area is 118 Å². The van der Waals surface area contributed by atoms with Gasteiger partial charge in [-0.2, -0.15) is 0 Å². The lowest BCUT2D eigenvalue weighted by atomic mass is 10.2. The maximum absolute atomic E-state index is 13.6. The lowest BCUT2D eigenvalue weighted by molar-refractivity contribution is -0.122. The molecule has 1 aromatic rings. The van der Waals surface area contributed by atoms with Gasteiger partial charge in [-0.05, 0) is 30.0 Å². The molecular weight excluding hydrogens is 289 g/mol. The van der Waals surface area contributed by atoms with Gasteiger partial charge in [0.1, 0.15) is 5.82 Å². The molecule has 2 amide bonds. The van der Waals surface area contributed by atoms with E-state index < -0.39 is 17.0 Å². The van der Waals surface area contributed by atoms with Crippen LogP contribution in [0.1, 0.15) is 5.56 Å². The Morgan fingerprint density at radius 3 is 2.84 bits per heavy atom. The van der Waals surface area contributed by atoms with E-state index in [9.17, 15) is 14.0 Å². The van der Waals surface area contributed by atoms with Crippen molar-refractivity contribution in [3.8, 4) is 12.3 Å². The maximum atomic E-state index is 13.6. The van der Waals surface area contributed by atoms with Gasteiger partial charge in [-0.3, -0.25) is 14.5 Å². The second-order valence-electron chi connectivity index (χ2n) is 3.61. The molecule has 2 rings (SSSR count). The molecule has 1 fully saturated rings. The van der Waals surface area contributed by atoms with E-state index >= 15 is 0 Å². The maximum Gasteiger partial charge on any atom is 0.294 e. The SMILES string of the molecule is C#CCN1C(=O)S/C(=C/c2c(F)cccc2Cl)C1=O. The van der Waals surface area contributed by atoms with Crippen LogP contribution in [0.4, 0.5) is 9.18 Å². The standard InChI is InChI=1S/C13H7ClFNO2S/c1-2-6-16-12(17)11(19-13(16)18)7-8-9(14)4-3-5-10(8)15/h1,3-5,7H,6H2/b11-7+. The van der Waals surface area contributed by atoms with E-state index in [1.54, 1.807) is 0 Å². The highest BCUT2D eigenvalue weighted by Crippen LogP contribution is 2.33. The van der Waals surface area contributed by atoms with Gasteiger partial charge in [-0.25, -0.2) is 4.39 Å². The van der Waals surface area contributed by atoms with Crippen molar-refractivity contribution in [2.45, 2.75) is 0 Å². The number of nitrogens with zero attached hydrogens (tertiary/aromatic N) is 1. The fourth-order valence-electron chi connectivity index (χ4n) is 1.51. The number of hydrogen-bond donors (Lipinski definition) is 0. The molecule has 0 bridgehead atoms. The van der Waals surface area contributed by atoms with Crippen molar-refractivity contribution in [1.29, 1.82) is 0 Å². The summed E-state index contributed by atoms with van der Waals surface area (Å²) in [6.45, 7) is -0.104. The Morgan fingerprint density at radius 2 is 2.21 bits per heavy atom. The summed E-state index contributed by atoms with van der Waals surface area (Å²) in [6.07, 6.45) is 6.34. The van der Waals surface area contributed by atoms with Crippen molar-refractivity contribution >= 4 is 40.6 Å². The number of rotatable bonds is 2. The molecule has 1 aliphatic rings. The van der Waals surface area contributed by atoms with Crippen LogP contribution in [0, 0.1) is 18.2 Å². The summed E-state index contributed by atoms with van der Waals surface area (Å²) in [7, 11) is 0. The average molecular weight is 296 g/mol. The Morgan fingerprint density at radius 1 is 1.47 bits per heavy atom. The van der Waals surface area contributed by atoms with Gasteiger partial charge >= 0.3 is 0 Å². The predicted octanol–water partition coefficient (Wildman–Crippen LogP) is 3.15. The molecule has 1 aromatic carbocycles. The number of amides is 2. The predicted molar refractivity (Wildman–Crippen MR) is 72.9 cm³/mol. The summed E-state index contributed by atoms with van der Waals surface area (Å²) in [4.78, 5) is 24.5. The zero-order valence-corrected chi connectivity index (χ0v) is 11.1. The van der Waals surface area contributed by atoms with E-state index in [4.69, 9.17) is 18.0 Å². The van der Waals surface area contributed by atoms with E-state index in [1.807, 2.05) is 0 Å². The van der Waals surface area contributed by atoms with Crippen LogP contribution in [-0.2, 0) is 4.79 Å². The van der Waals surface area contributed by atoms with E-state index in [2.05, 4.69) is 5.92 Å². The third kappa shape index (κ3) is 2.65. The minimum absolute atomic E-state index is 0.0791. The molecule has 1 aliphatic heterocycles. The summed E-state index contributed by atoms with van der Waals surface area (Å²) in [5.41, 5.74) is 0.0791. The fourth-order valence-corrected chi connectivity index (χ4v) is 2.54. The normalized spacial score (nSPS) is 17.1. The van der Waals surface area contributed by atoms with Crippen LogP contribution in [0.15, 0.2) is 23.1 Å². The highest BCUT2D eigenvalue weighted by atomic mass is 35.5. The molecule has 0 radical (unpaired) electrons. The topological polar surface area (TPSA) is 37.4 Å². The van der Waals surface area contributed by atoms with Crippen molar-refractivity contribution in [3.63, 3.8) is 0 Å². The van der Waals surface area contributed by atoms with Gasteiger partial charge < -0.3 is 0 Å². The minimum Gasteiger partial charge on any atom is -0.268 e. The molecule has 3 nitrogen and oxygen atoms in total. The number of terminal acetylenes is 1. The molecule has 0 aromatic heterocycles. The van der Waals surface area contributed by atoms with Crippen molar-refractivity contribution in [3.05, 3.63) is 39.5 Å². The monoisotopic (exact) mass is 295 g/mol. The second kappa shape index (κ2) is 5.47. The third-order valence-electron chi connectivity index (χ3n) is 2.40. The molecule has 0 saturated carbocycles. The van der Waals surface area contributed by atoms with Crippen LogP contribution >= 0.6 is 23.4 Å². The Bertz CT molecular complexity index is 616. The molecule has 1 saturated heterocycles. The number of hydrogen-bond acceptors (Lipinski definition) is 3. The van der Waals surface area contributed by atoms with E-state index in [0.717, 1.165) is 4.90 Å². The molecule has 1 heterocycles. The zero-order valence-electron chi connectivity index (χ0n) is 9.52. The van der Waals surface area contributed by atoms with Crippen molar-refractivity contribution in [1.82, 2.24) is 4.90 Å². The van der Waals surface area contributed by atoms with Crippen LogP contribution in [0.25, 0.3) is 6.08 Å². The first kappa shape index (κ1) is 13.7. The summed E-state index contributed by atoms with van der Waals surface area (Å²) in [5, 5.41) is -0.301. The van der Waals surface area contributed by atoms with E-state index in [0.29, 0.717) is 11.8 Å². The lowest BCUT2D eigenvalue weighted by Crippen LogP contribution is -2.28. The van der Waals surface area contributed by atoms with E-state index in [1.165, 1.54) is 24.3 Å². The van der Waals surface area contributed by atoms with E-state index in [-0.39, 0.29) is 22.0 Å². The van der Waals surface area contributed by atoms with Crippen molar-refractivity contribution in [2.75, 3.05) is 6.54 Å². The van der Waals surface area contributed by atoms with Gasteiger partial charge in [0.2, 0.25) is 0 Å². The minimum atomic E-state index is -0.559. The Kier molecular flexibility index (Phi) is 3.93. The number of carbonyl (C=O) groups excluding carboxylic acids is 2. The largest absolute Gasteiger partial charge is 0.294 e. The molecule has 19 heavy (non-hydrogen) atoms. The zero-order chi connectivity index (χ0) is 14.0. The Hall–Kier alpha value is -1.77. The molecule has 0 N–H and O–H groups in total. The summed E-state index contributed by atoms with van der Waals surface area (Å²) >= 11 is 6.57. The second-order valence-corrected chi connectivity index (χ2v) is 5.01. The number of benzene rings is 1. The van der Waals surface area contributed by atoms with Crippen LogP contribution < -0.4 is 0 Å². The molecular formula is C13H7ClFNO2S. The van der Waals surface area contributed by atoms with Gasteiger partial charge in [0.15, 0.2) is 0 Å². The number of carbonyl (C=O) groups is 2. The third-order valence-corrected chi connectivity index (χ3v) is 3.64. The van der Waals surface area contributed by atoms with Gasteiger partial charge in [0.05, 0.1) is 16.5 Å². The molecule has 0 atom stereocenters. The van der Waals surface area contributed by atoms with Crippen LogP contribution in [-0.4, -0.2) is 22.6 Å². The van der Waals surface area contributed by atoms with Crippen LogP contribution in [0.5, 0.6) is 0 Å². The Balaban J connectivity index is 2.39. The van der Waals surface area contributed by atoms with Gasteiger partial charge in [-0.15, -0.1) is 6.42 Å². The smallest absolute Gasteiger partial charge is 0.268 e. The first-order valence-corrected chi connectivity index (χ1v) is 6.37. The number of halogens is 2. The molecule has 6 heteroatoms. The van der Waals surface area contributed by atoms with Crippen LogP contribution in [0.3, 0.4) is 0 Å². The van der Waals surface area contributed by atoms with Crippen molar-refractivity contribution < 1.29 is 14.0 Å². The number of imide groups is 1.